The fraction of sp³-hybridized carbons (Fsp3) is 0.261. The fourth-order valence-electron chi connectivity index (χ4n) is 3.80. The number of alkyl halides is 3. The molecule has 2 aromatic heterocycles. The van der Waals surface area contributed by atoms with Gasteiger partial charge in [-0.05, 0) is 30.7 Å². The van der Waals surface area contributed by atoms with Crippen LogP contribution in [0.25, 0.3) is 16.7 Å². The summed E-state index contributed by atoms with van der Waals surface area (Å²) in [6.07, 6.45) is -7.17. The van der Waals surface area contributed by atoms with E-state index in [4.69, 9.17) is 9.84 Å². The van der Waals surface area contributed by atoms with Crippen LogP contribution in [0.1, 0.15) is 23.7 Å². The zero-order valence-electron chi connectivity index (χ0n) is 19.3. The Balaban J connectivity index is 1.91. The molecule has 10 nitrogen and oxygen atoms in total. The Kier molecular flexibility index (Phi) is 6.78. The first-order chi connectivity index (χ1) is 17.8. The van der Waals surface area contributed by atoms with E-state index in [0.29, 0.717) is 6.07 Å². The van der Waals surface area contributed by atoms with E-state index in [2.05, 4.69) is 4.98 Å². The predicted molar refractivity (Wildman–Crippen MR) is 120 cm³/mol. The second kappa shape index (κ2) is 9.72. The van der Waals surface area contributed by atoms with Crippen molar-refractivity contribution < 1.29 is 46.2 Å². The van der Waals surface area contributed by atoms with Crippen LogP contribution in [0.3, 0.4) is 0 Å². The number of carbonyl (C=O) groups excluding carboxylic acids is 2. The largest absolute Gasteiger partial charge is 0.478 e. The molecule has 1 fully saturated rings. The van der Waals surface area contributed by atoms with Crippen molar-refractivity contribution in [1.82, 2.24) is 14.9 Å². The molecule has 2 atom stereocenters. The number of fused-ring (bicyclic) bond motifs is 1. The number of carbonyl (C=O) groups is 3. The van der Waals surface area contributed by atoms with Gasteiger partial charge in [0.25, 0.3) is 5.91 Å². The quantitative estimate of drug-likeness (QED) is 0.460. The topological polar surface area (TPSA) is 131 Å². The van der Waals surface area contributed by atoms with Crippen molar-refractivity contribution in [2.45, 2.75) is 31.7 Å². The van der Waals surface area contributed by atoms with Crippen LogP contribution in [0, 0.1) is 11.6 Å². The monoisotopic (exact) mass is 540 g/mol. The summed E-state index contributed by atoms with van der Waals surface area (Å²) < 4.78 is 73.5. The first-order valence-corrected chi connectivity index (χ1v) is 10.9. The van der Waals surface area contributed by atoms with Crippen molar-refractivity contribution >= 4 is 34.8 Å². The molecule has 2 N–H and O–H groups in total. The van der Waals surface area contributed by atoms with Gasteiger partial charge in [0, 0.05) is 12.3 Å². The third kappa shape index (κ3) is 4.86. The van der Waals surface area contributed by atoms with E-state index in [-0.39, 0.29) is 16.9 Å². The molecule has 200 valence electrons. The van der Waals surface area contributed by atoms with Crippen LogP contribution in [0.2, 0.25) is 0 Å². The Morgan fingerprint density at radius 3 is 2.50 bits per heavy atom. The maximum atomic E-state index is 14.8. The number of nitrogens with one attached hydrogen (secondary N) is 1. The predicted octanol–water partition coefficient (Wildman–Crippen LogP) is 3.14. The van der Waals surface area contributed by atoms with Crippen molar-refractivity contribution in [3.63, 3.8) is 0 Å². The van der Waals surface area contributed by atoms with Gasteiger partial charge in [-0.15, -0.1) is 0 Å². The minimum absolute atomic E-state index is 0.206. The van der Waals surface area contributed by atoms with Crippen LogP contribution in [0.5, 0.6) is 0 Å². The highest BCUT2D eigenvalue weighted by Crippen LogP contribution is 2.26. The number of hydrogen-bond donors (Lipinski definition) is 2. The van der Waals surface area contributed by atoms with Crippen LogP contribution in [0.4, 0.5) is 32.6 Å². The number of benzene rings is 1. The average molecular weight is 540 g/mol. The Labute approximate surface area is 209 Å². The second-order valence-corrected chi connectivity index (χ2v) is 8.18. The number of halogens is 5. The van der Waals surface area contributed by atoms with Gasteiger partial charge in [0.1, 0.15) is 29.1 Å². The summed E-state index contributed by atoms with van der Waals surface area (Å²) in [5, 5.41) is 10.5. The number of anilines is 1. The zero-order valence-corrected chi connectivity index (χ0v) is 19.3. The first kappa shape index (κ1) is 26.5. The van der Waals surface area contributed by atoms with E-state index in [0.717, 1.165) is 39.9 Å². The maximum absolute atomic E-state index is 14.8. The van der Waals surface area contributed by atoms with E-state index in [1.165, 1.54) is 6.92 Å². The number of carboxylic acids is 1. The lowest BCUT2D eigenvalue weighted by Gasteiger charge is -2.21. The van der Waals surface area contributed by atoms with E-state index >= 15 is 0 Å². The number of pyridine rings is 2. The summed E-state index contributed by atoms with van der Waals surface area (Å²) in [6, 6.07) is 2.22. The maximum Gasteiger partial charge on any atom is 0.416 e. The average Bonchev–Trinajstić information content (AvgIpc) is 3.24. The molecule has 3 aromatic rings. The zero-order chi connectivity index (χ0) is 27.9. The van der Waals surface area contributed by atoms with E-state index < -0.39 is 77.6 Å². The molecule has 0 aliphatic carbocycles. The van der Waals surface area contributed by atoms with Gasteiger partial charge in [0.2, 0.25) is 11.5 Å². The van der Waals surface area contributed by atoms with E-state index in [1.807, 2.05) is 0 Å². The molecule has 3 heterocycles. The van der Waals surface area contributed by atoms with Gasteiger partial charge in [0.05, 0.1) is 17.6 Å². The Morgan fingerprint density at radius 1 is 1.21 bits per heavy atom. The van der Waals surface area contributed by atoms with Gasteiger partial charge in [-0.25, -0.2) is 23.4 Å². The molecule has 1 aliphatic rings. The summed E-state index contributed by atoms with van der Waals surface area (Å²) in [7, 11) is 0. The van der Waals surface area contributed by atoms with Crippen molar-refractivity contribution in [2.24, 2.45) is 0 Å². The summed E-state index contributed by atoms with van der Waals surface area (Å²) in [4.78, 5) is 54.2. The number of rotatable bonds is 6. The molecule has 2 amide bonds. The number of hydrogen-bond acceptors (Lipinski definition) is 6. The fourth-order valence-corrected chi connectivity index (χ4v) is 3.80. The molecular weight excluding hydrogens is 523 g/mol. The summed E-state index contributed by atoms with van der Waals surface area (Å²) in [6.45, 7) is 0.729. The van der Waals surface area contributed by atoms with Gasteiger partial charge in [0.15, 0.2) is 5.65 Å². The first-order valence-electron chi connectivity index (χ1n) is 10.9. The Morgan fingerprint density at radius 2 is 1.92 bits per heavy atom. The van der Waals surface area contributed by atoms with Gasteiger partial charge in [-0.1, -0.05) is 6.92 Å². The van der Waals surface area contributed by atoms with Gasteiger partial charge in [-0.2, -0.15) is 13.2 Å². The molecule has 15 heteroatoms. The number of carboxylic acid groups (broad SMARTS) is 1. The minimum atomic E-state index is -4.81. The lowest BCUT2D eigenvalue weighted by molar-refractivity contribution is -0.153. The molecule has 1 aliphatic heterocycles. The highest BCUT2D eigenvalue weighted by Gasteiger charge is 2.40. The van der Waals surface area contributed by atoms with E-state index in [9.17, 15) is 41.1 Å². The second-order valence-electron chi connectivity index (χ2n) is 8.18. The molecule has 4 rings (SSSR count). The SMILES string of the molecule is CCC(NC(=O)c1cn(-c2ccc(F)cc2F)c2nc(N3C[C@H](C(=O)O)OC3=O)ccc2c1=O)C(F)(F)F. The molecule has 0 bridgehead atoms. The standard InChI is InChI=1S/C23H17F5N4O6/c1-2-16(23(26,27)28)29-20(34)12-8-31(14-5-3-10(24)7-13(14)25)19-11(18(12)33)4-6-17(30-19)32-9-15(21(35)36)38-22(32)37/h3-8,15-16H,2,9H2,1H3,(H,29,34)(H,35,36)/t15-,16?/m1/s1. The van der Waals surface area contributed by atoms with E-state index in [1.54, 1.807) is 5.32 Å². The molecule has 0 spiro atoms. The van der Waals surface area contributed by atoms with Gasteiger partial charge >= 0.3 is 18.2 Å². The van der Waals surface area contributed by atoms with Gasteiger partial charge in [-0.3, -0.25) is 19.1 Å². The third-order valence-electron chi connectivity index (χ3n) is 5.72. The normalized spacial score (nSPS) is 16.4. The minimum Gasteiger partial charge on any atom is -0.478 e. The molecule has 1 unspecified atom stereocenters. The smallest absolute Gasteiger partial charge is 0.416 e. The molecule has 0 saturated carbocycles. The van der Waals surface area contributed by atoms with Gasteiger partial charge < -0.3 is 15.2 Å². The number of aromatic nitrogens is 2. The van der Waals surface area contributed by atoms with Crippen LogP contribution in [-0.2, 0) is 9.53 Å². The Bertz CT molecular complexity index is 1520. The summed E-state index contributed by atoms with van der Waals surface area (Å²) in [5.74, 6) is -5.15. The number of ether oxygens (including phenoxy) is 1. The highest BCUT2D eigenvalue weighted by atomic mass is 19.4. The summed E-state index contributed by atoms with van der Waals surface area (Å²) >= 11 is 0. The van der Waals surface area contributed by atoms with Crippen LogP contribution in [0.15, 0.2) is 41.3 Å². The number of cyclic esters (lactones) is 1. The van der Waals surface area contributed by atoms with Crippen molar-refractivity contribution in [1.29, 1.82) is 0 Å². The lowest BCUT2D eigenvalue weighted by atomic mass is 10.1. The molecule has 1 saturated heterocycles. The molecule has 1 aromatic carbocycles. The van der Waals surface area contributed by atoms with Crippen LogP contribution >= 0.6 is 0 Å². The summed E-state index contributed by atoms with van der Waals surface area (Å²) in [5.41, 5.74) is -2.63. The highest BCUT2D eigenvalue weighted by molar-refractivity contribution is 5.98. The number of amides is 2. The van der Waals surface area contributed by atoms with Crippen LogP contribution < -0.4 is 15.6 Å². The lowest BCUT2D eigenvalue weighted by Crippen LogP contribution is -2.46. The number of aliphatic carboxylic acids is 1. The third-order valence-corrected chi connectivity index (χ3v) is 5.72. The van der Waals surface area contributed by atoms with Crippen molar-refractivity contribution in [3.05, 3.63) is 63.9 Å². The Hall–Kier alpha value is -4.56. The molecule has 0 radical (unpaired) electrons. The molecular formula is C23H17F5N4O6. The molecule has 38 heavy (non-hydrogen) atoms. The van der Waals surface area contributed by atoms with Crippen LogP contribution in [-0.4, -0.2) is 57.5 Å². The van der Waals surface area contributed by atoms with Crippen molar-refractivity contribution in [3.8, 4) is 5.69 Å². The van der Waals surface area contributed by atoms with Crippen molar-refractivity contribution in [2.75, 3.05) is 11.4 Å². The number of nitrogens with zero attached hydrogens (tertiary/aromatic N) is 3.